The van der Waals surface area contributed by atoms with Gasteiger partial charge in [0, 0.05) is 17.8 Å². The van der Waals surface area contributed by atoms with Crippen LogP contribution in [0.4, 0.5) is 5.69 Å². The highest BCUT2D eigenvalue weighted by atomic mass is 16.6. The van der Waals surface area contributed by atoms with E-state index in [9.17, 15) is 19.7 Å². The van der Waals surface area contributed by atoms with Crippen LogP contribution >= 0.6 is 0 Å². The largest absolute Gasteiger partial charge is 0.340 e. The first-order valence-corrected chi connectivity index (χ1v) is 10.9. The number of fused-ring (bicyclic) bond motifs is 1. The van der Waals surface area contributed by atoms with Crippen molar-refractivity contribution in [3.8, 4) is 5.69 Å². The van der Waals surface area contributed by atoms with Crippen LogP contribution in [-0.4, -0.2) is 30.6 Å². The van der Waals surface area contributed by atoms with E-state index in [4.69, 9.17) is 0 Å². The standard InChI is InChI=1S/C24H24N6O4/c1-4-14(2)21(23-25-16-9-5-6-10-17(16)26-23)27-24(32)22-20(31)13-15(3)29(28-22)18-11-7-8-12-19(18)30(33)34/h5-14,21H,4H2,1-3H3,(H,25,26)(H,27,32). The second kappa shape index (κ2) is 9.26. The zero-order chi connectivity index (χ0) is 24.4. The molecule has 2 heterocycles. The smallest absolute Gasteiger partial charge is 0.294 e. The summed E-state index contributed by atoms with van der Waals surface area (Å²) in [6.45, 7) is 5.58. The van der Waals surface area contributed by atoms with Gasteiger partial charge in [0.25, 0.3) is 11.6 Å². The van der Waals surface area contributed by atoms with E-state index >= 15 is 0 Å². The van der Waals surface area contributed by atoms with E-state index in [1.807, 2.05) is 38.1 Å². The van der Waals surface area contributed by atoms with E-state index in [2.05, 4.69) is 20.4 Å². The van der Waals surface area contributed by atoms with Crippen LogP contribution in [0.1, 0.15) is 48.3 Å². The summed E-state index contributed by atoms with van der Waals surface area (Å²) >= 11 is 0. The number of aromatic nitrogens is 4. The quantitative estimate of drug-likeness (QED) is 0.318. The van der Waals surface area contributed by atoms with Gasteiger partial charge in [-0.15, -0.1) is 0 Å². The van der Waals surface area contributed by atoms with Crippen molar-refractivity contribution in [3.05, 3.63) is 92.1 Å². The second-order valence-corrected chi connectivity index (χ2v) is 8.13. The molecule has 2 aromatic carbocycles. The molecule has 10 nitrogen and oxygen atoms in total. The molecule has 2 aromatic heterocycles. The predicted octanol–water partition coefficient (Wildman–Crippen LogP) is 3.84. The number of H-pyrrole nitrogens is 1. The van der Waals surface area contributed by atoms with Gasteiger partial charge in [0.05, 0.1) is 22.0 Å². The number of aryl methyl sites for hydroxylation is 1. The van der Waals surface area contributed by atoms with Crippen molar-refractivity contribution in [2.45, 2.75) is 33.2 Å². The molecule has 0 saturated heterocycles. The number of carbonyl (C=O) groups is 1. The molecule has 0 aliphatic carbocycles. The van der Waals surface area contributed by atoms with Crippen LogP contribution in [-0.2, 0) is 0 Å². The number of nitro groups is 1. The number of amides is 1. The van der Waals surface area contributed by atoms with Crippen molar-refractivity contribution in [2.75, 3.05) is 0 Å². The van der Waals surface area contributed by atoms with Crippen molar-refractivity contribution in [2.24, 2.45) is 5.92 Å². The maximum atomic E-state index is 13.2. The summed E-state index contributed by atoms with van der Waals surface area (Å²) in [6.07, 6.45) is 0.754. The van der Waals surface area contributed by atoms with E-state index in [-0.39, 0.29) is 23.0 Å². The average molecular weight is 460 g/mol. The molecule has 0 spiro atoms. The number of benzene rings is 2. The monoisotopic (exact) mass is 460 g/mol. The summed E-state index contributed by atoms with van der Waals surface area (Å²) in [4.78, 5) is 44.7. The molecule has 4 rings (SSSR count). The van der Waals surface area contributed by atoms with Crippen molar-refractivity contribution in [3.63, 3.8) is 0 Å². The number of rotatable bonds is 7. The van der Waals surface area contributed by atoms with Gasteiger partial charge in [-0.1, -0.05) is 44.5 Å². The summed E-state index contributed by atoms with van der Waals surface area (Å²) in [5, 5.41) is 18.6. The predicted molar refractivity (Wildman–Crippen MR) is 127 cm³/mol. The van der Waals surface area contributed by atoms with Crippen molar-refractivity contribution < 1.29 is 9.72 Å². The van der Waals surface area contributed by atoms with Crippen molar-refractivity contribution >= 4 is 22.6 Å². The molecular formula is C24H24N6O4. The van der Waals surface area contributed by atoms with Gasteiger partial charge in [-0.25, -0.2) is 9.67 Å². The Morgan fingerprint density at radius 1 is 1.21 bits per heavy atom. The third-order valence-corrected chi connectivity index (χ3v) is 5.83. The molecule has 174 valence electrons. The highest BCUT2D eigenvalue weighted by molar-refractivity contribution is 5.92. The molecule has 0 bridgehead atoms. The van der Waals surface area contributed by atoms with Gasteiger partial charge in [0.1, 0.15) is 11.5 Å². The molecule has 0 fully saturated rings. The maximum Gasteiger partial charge on any atom is 0.294 e. The maximum absolute atomic E-state index is 13.2. The number of carbonyl (C=O) groups excluding carboxylic acids is 1. The summed E-state index contributed by atoms with van der Waals surface area (Å²) in [5.41, 5.74) is 1.03. The first kappa shape index (κ1) is 22.8. The zero-order valence-corrected chi connectivity index (χ0v) is 19.0. The van der Waals surface area contributed by atoms with Gasteiger partial charge in [-0.05, 0) is 31.0 Å². The van der Waals surface area contributed by atoms with E-state index in [1.165, 1.54) is 28.9 Å². The van der Waals surface area contributed by atoms with E-state index in [0.29, 0.717) is 11.5 Å². The minimum absolute atomic E-state index is 0.00685. The molecular weight excluding hydrogens is 436 g/mol. The SMILES string of the molecule is CCC(C)C(NC(=O)c1nn(-c2ccccc2[N+](=O)[O-])c(C)cc1=O)c1nc2ccccc2[nH]1. The zero-order valence-electron chi connectivity index (χ0n) is 19.0. The Balaban J connectivity index is 1.74. The van der Waals surface area contributed by atoms with Crippen LogP contribution in [0, 0.1) is 23.0 Å². The minimum Gasteiger partial charge on any atom is -0.340 e. The molecule has 34 heavy (non-hydrogen) atoms. The van der Waals surface area contributed by atoms with Crippen LogP contribution in [0.2, 0.25) is 0 Å². The number of nitro benzene ring substituents is 1. The number of para-hydroxylation sites is 4. The summed E-state index contributed by atoms with van der Waals surface area (Å²) in [6, 6.07) is 14.3. The van der Waals surface area contributed by atoms with Gasteiger partial charge in [-0.2, -0.15) is 5.10 Å². The van der Waals surface area contributed by atoms with Crippen LogP contribution in [0.15, 0.2) is 59.4 Å². The number of aromatic amines is 1. The fourth-order valence-electron chi connectivity index (χ4n) is 3.79. The number of hydrogen-bond acceptors (Lipinski definition) is 6. The van der Waals surface area contributed by atoms with E-state index < -0.39 is 22.3 Å². The topological polar surface area (TPSA) is 136 Å². The Bertz CT molecular complexity index is 1410. The van der Waals surface area contributed by atoms with Gasteiger partial charge < -0.3 is 10.3 Å². The van der Waals surface area contributed by atoms with Gasteiger partial charge in [-0.3, -0.25) is 19.7 Å². The lowest BCUT2D eigenvalue weighted by atomic mass is 9.98. The van der Waals surface area contributed by atoms with E-state index in [1.54, 1.807) is 13.0 Å². The van der Waals surface area contributed by atoms with Crippen molar-refractivity contribution in [1.29, 1.82) is 0 Å². The van der Waals surface area contributed by atoms with Crippen LogP contribution < -0.4 is 10.7 Å². The molecule has 0 aliphatic heterocycles. The van der Waals surface area contributed by atoms with Crippen LogP contribution in [0.25, 0.3) is 16.7 Å². The van der Waals surface area contributed by atoms with Gasteiger partial charge in [0.2, 0.25) is 5.43 Å². The average Bonchev–Trinajstić information content (AvgIpc) is 3.26. The molecule has 2 unspecified atom stereocenters. The first-order chi connectivity index (χ1) is 16.3. The lowest BCUT2D eigenvalue weighted by Gasteiger charge is -2.22. The molecule has 2 atom stereocenters. The van der Waals surface area contributed by atoms with Gasteiger partial charge >= 0.3 is 0 Å². The second-order valence-electron chi connectivity index (χ2n) is 8.13. The molecule has 10 heteroatoms. The normalized spacial score (nSPS) is 12.9. The van der Waals surface area contributed by atoms with Gasteiger partial charge in [0.15, 0.2) is 5.69 Å². The lowest BCUT2D eigenvalue weighted by molar-refractivity contribution is -0.384. The fourth-order valence-corrected chi connectivity index (χ4v) is 3.79. The Kier molecular flexibility index (Phi) is 6.22. The highest BCUT2D eigenvalue weighted by Crippen LogP contribution is 2.25. The third-order valence-electron chi connectivity index (χ3n) is 5.83. The summed E-state index contributed by atoms with van der Waals surface area (Å²) < 4.78 is 1.24. The Morgan fingerprint density at radius 2 is 1.91 bits per heavy atom. The molecule has 2 N–H and O–H groups in total. The van der Waals surface area contributed by atoms with Crippen molar-refractivity contribution in [1.82, 2.24) is 25.1 Å². The fraction of sp³-hybridized carbons (Fsp3) is 0.250. The Hall–Kier alpha value is -4.34. The first-order valence-electron chi connectivity index (χ1n) is 10.9. The van der Waals surface area contributed by atoms with Crippen LogP contribution in [0.5, 0.6) is 0 Å². The Morgan fingerprint density at radius 3 is 2.62 bits per heavy atom. The minimum atomic E-state index is -0.678. The lowest BCUT2D eigenvalue weighted by Crippen LogP contribution is -2.37. The number of imidazole rings is 1. The summed E-state index contributed by atoms with van der Waals surface area (Å²) in [7, 11) is 0. The third kappa shape index (κ3) is 4.29. The molecule has 0 saturated carbocycles. The molecule has 0 radical (unpaired) electrons. The van der Waals surface area contributed by atoms with Crippen LogP contribution in [0.3, 0.4) is 0 Å². The highest BCUT2D eigenvalue weighted by Gasteiger charge is 2.27. The molecule has 0 aliphatic rings. The number of nitrogens with zero attached hydrogens (tertiary/aromatic N) is 4. The molecule has 1 amide bonds. The molecule has 4 aromatic rings. The van der Waals surface area contributed by atoms with E-state index in [0.717, 1.165) is 17.5 Å². The number of nitrogens with one attached hydrogen (secondary N) is 2. The number of hydrogen-bond donors (Lipinski definition) is 2. The Labute approximate surface area is 194 Å². The summed E-state index contributed by atoms with van der Waals surface area (Å²) in [5.74, 6) is -0.0921.